The van der Waals surface area contributed by atoms with Crippen LogP contribution in [-0.2, 0) is 0 Å². The van der Waals surface area contributed by atoms with Crippen molar-refractivity contribution in [3.05, 3.63) is 0 Å². The minimum atomic E-state index is 0.827. The summed E-state index contributed by atoms with van der Waals surface area (Å²) < 4.78 is 0. The third-order valence-corrected chi connectivity index (χ3v) is 1.00. The second-order valence-electron chi connectivity index (χ2n) is 1.55. The fourth-order valence-electron chi connectivity index (χ4n) is 0.344. The third-order valence-electron chi connectivity index (χ3n) is 0.737. The van der Waals surface area contributed by atoms with Crippen LogP contribution in [0.4, 0.5) is 0 Å². The van der Waals surface area contributed by atoms with Crippen LogP contribution in [0, 0.1) is 0 Å². The van der Waals surface area contributed by atoms with Crippen LogP contribution >= 0.6 is 36.8 Å². The summed E-state index contributed by atoms with van der Waals surface area (Å²) in [4.78, 5) is 0. The molecule has 1 unspecified atom stereocenters. The highest BCUT2D eigenvalue weighted by Crippen LogP contribution is 1.93. The number of halogens is 2. The molecule has 0 aromatic heterocycles. The lowest BCUT2D eigenvalue weighted by molar-refractivity contribution is 0.776. The van der Waals surface area contributed by atoms with Crippen molar-refractivity contribution in [3.63, 3.8) is 0 Å². The number of unbranched alkanes of at least 4 members (excludes halogenated alkanes) is 2. The Morgan fingerprint density at radius 3 is 2.00 bits per heavy atom. The molecule has 0 aliphatic rings. The zero-order chi connectivity index (χ0) is 7.54. The summed E-state index contributed by atoms with van der Waals surface area (Å²) in [7, 11) is 2.50. The van der Waals surface area contributed by atoms with Gasteiger partial charge in [-0.15, -0.1) is 20.8 Å². The number of alkyl halides is 2. The van der Waals surface area contributed by atoms with Crippen molar-refractivity contribution in [2.75, 3.05) is 11.0 Å². The average Bonchev–Trinajstić information content (AvgIpc) is 1.86. The lowest BCUT2D eigenvalue weighted by atomic mass is 10.3. The zero-order valence-electron chi connectivity index (χ0n) is 5.87. The Bertz CT molecular complexity index is 32.2. The van der Waals surface area contributed by atoms with Gasteiger partial charge in [0.2, 0.25) is 0 Å². The largest absolute Gasteiger partial charge is 0.127 e. The predicted molar refractivity (Wildman–Crippen MR) is 53.7 cm³/mol. The number of rotatable bonds is 3. The maximum atomic E-state index is 5.38. The monoisotopic (exact) mass is 232 g/mol. The van der Waals surface area contributed by atoms with E-state index in [0.29, 0.717) is 0 Å². The molecule has 0 N–H and O–H groups in total. The van der Waals surface area contributed by atoms with Gasteiger partial charge in [0.1, 0.15) is 0 Å². The lowest BCUT2D eigenvalue weighted by Crippen LogP contribution is -1.70. The van der Waals surface area contributed by atoms with E-state index in [1.807, 2.05) is 0 Å². The van der Waals surface area contributed by atoms with Crippen LogP contribution in [0.25, 0.3) is 0 Å². The molecule has 0 saturated heterocycles. The quantitative estimate of drug-likeness (QED) is 0.397. The Balaban J connectivity index is 0. The van der Waals surface area contributed by atoms with Gasteiger partial charge in [-0.2, -0.15) is 0 Å². The standard InChI is InChI=1S/C5H11Cl.CH4BrP/c1-2-3-4-5-6;2-1-3/h2-5H2,1H3;1,3H2. The van der Waals surface area contributed by atoms with Crippen molar-refractivity contribution >= 4 is 36.8 Å². The molecule has 0 fully saturated rings. The van der Waals surface area contributed by atoms with Crippen molar-refractivity contribution in [2.24, 2.45) is 0 Å². The van der Waals surface area contributed by atoms with E-state index in [9.17, 15) is 0 Å². The first kappa shape index (κ1) is 12.8. The van der Waals surface area contributed by atoms with E-state index in [4.69, 9.17) is 11.6 Å². The van der Waals surface area contributed by atoms with E-state index in [2.05, 4.69) is 32.1 Å². The van der Waals surface area contributed by atoms with Crippen LogP contribution in [0.15, 0.2) is 0 Å². The molecule has 0 rings (SSSR count). The fraction of sp³-hybridized carbons (Fsp3) is 1.00. The molecule has 9 heavy (non-hydrogen) atoms. The summed E-state index contributed by atoms with van der Waals surface area (Å²) in [6.45, 7) is 2.17. The van der Waals surface area contributed by atoms with Gasteiger partial charge in [0, 0.05) is 11.0 Å². The summed E-state index contributed by atoms with van der Waals surface area (Å²) in [6, 6.07) is 0. The Morgan fingerprint density at radius 2 is 1.89 bits per heavy atom. The van der Waals surface area contributed by atoms with Crippen molar-refractivity contribution in [1.82, 2.24) is 0 Å². The molecule has 0 amide bonds. The fourth-order valence-corrected chi connectivity index (χ4v) is 0.533. The van der Waals surface area contributed by atoms with Crippen molar-refractivity contribution in [1.29, 1.82) is 0 Å². The van der Waals surface area contributed by atoms with Gasteiger partial charge < -0.3 is 0 Å². The first-order chi connectivity index (χ1) is 4.33. The third kappa shape index (κ3) is 27.0. The van der Waals surface area contributed by atoms with Crippen LogP contribution in [-0.4, -0.2) is 11.0 Å². The van der Waals surface area contributed by atoms with Gasteiger partial charge in [0.05, 0.1) is 0 Å². The molecular weight excluding hydrogens is 218 g/mol. The second-order valence-corrected chi connectivity index (χ2v) is 4.18. The van der Waals surface area contributed by atoms with E-state index in [-0.39, 0.29) is 0 Å². The van der Waals surface area contributed by atoms with Crippen molar-refractivity contribution in [2.45, 2.75) is 26.2 Å². The van der Waals surface area contributed by atoms with E-state index >= 15 is 0 Å². The number of hydrogen-bond donors (Lipinski definition) is 0. The predicted octanol–water partition coefficient (Wildman–Crippen LogP) is 3.63. The Morgan fingerprint density at radius 1 is 1.44 bits per heavy atom. The van der Waals surface area contributed by atoms with Crippen molar-refractivity contribution < 1.29 is 0 Å². The molecule has 1 atom stereocenters. The maximum absolute atomic E-state index is 5.38. The molecule has 0 spiro atoms. The van der Waals surface area contributed by atoms with Crippen LogP contribution in [0.2, 0.25) is 0 Å². The highest BCUT2D eigenvalue weighted by atomic mass is 79.9. The topological polar surface area (TPSA) is 0 Å². The Labute approximate surface area is 74.1 Å². The lowest BCUT2D eigenvalue weighted by Gasteiger charge is -1.84. The van der Waals surface area contributed by atoms with Crippen molar-refractivity contribution in [3.8, 4) is 0 Å². The SMILES string of the molecule is CCCCCCl.PCBr. The minimum absolute atomic E-state index is 0.827. The molecule has 0 aliphatic carbocycles. The van der Waals surface area contributed by atoms with Gasteiger partial charge in [-0.1, -0.05) is 35.7 Å². The molecule has 0 radical (unpaired) electrons. The molecule has 0 heterocycles. The Hall–Kier alpha value is 1.20. The molecule has 0 nitrogen and oxygen atoms in total. The maximum Gasteiger partial charge on any atom is 0.0223 e. The molecule has 3 heteroatoms. The molecule has 0 bridgehead atoms. The summed E-state index contributed by atoms with van der Waals surface area (Å²) in [6.07, 6.45) is 3.73. The minimum Gasteiger partial charge on any atom is -0.127 e. The average molecular weight is 234 g/mol. The summed E-state index contributed by atoms with van der Waals surface area (Å²) in [5, 5.41) is 0.979. The zero-order valence-corrected chi connectivity index (χ0v) is 9.37. The van der Waals surface area contributed by atoms with Gasteiger partial charge >= 0.3 is 0 Å². The van der Waals surface area contributed by atoms with Gasteiger partial charge in [0.25, 0.3) is 0 Å². The molecular formula is C6H15BrClP. The first-order valence-electron chi connectivity index (χ1n) is 3.15. The molecule has 0 aromatic rings. The second kappa shape index (κ2) is 16.1. The smallest absolute Gasteiger partial charge is 0.0223 e. The van der Waals surface area contributed by atoms with E-state index in [1.54, 1.807) is 0 Å². The van der Waals surface area contributed by atoms with Gasteiger partial charge in [-0.05, 0) is 6.42 Å². The van der Waals surface area contributed by atoms with E-state index < -0.39 is 0 Å². The molecule has 0 aromatic carbocycles. The molecule has 0 saturated carbocycles. The molecule has 58 valence electrons. The van der Waals surface area contributed by atoms with E-state index in [1.165, 1.54) is 19.3 Å². The normalized spacial score (nSPS) is 8.00. The van der Waals surface area contributed by atoms with Gasteiger partial charge in [-0.25, -0.2) is 0 Å². The first-order valence-corrected chi connectivity index (χ1v) is 5.62. The summed E-state index contributed by atoms with van der Waals surface area (Å²) in [5.74, 6) is 0.827. The van der Waals surface area contributed by atoms with E-state index in [0.717, 1.165) is 11.0 Å². The highest BCUT2D eigenvalue weighted by Gasteiger charge is 1.76. The van der Waals surface area contributed by atoms with Crippen LogP contribution in [0.3, 0.4) is 0 Å². The van der Waals surface area contributed by atoms with Gasteiger partial charge in [-0.3, -0.25) is 0 Å². The summed E-state index contributed by atoms with van der Waals surface area (Å²) >= 11 is 8.49. The number of hydrogen-bond acceptors (Lipinski definition) is 0. The summed E-state index contributed by atoms with van der Waals surface area (Å²) in [5.41, 5.74) is 0. The highest BCUT2D eigenvalue weighted by molar-refractivity contribution is 9.10. The van der Waals surface area contributed by atoms with Crippen LogP contribution < -0.4 is 0 Å². The van der Waals surface area contributed by atoms with Crippen LogP contribution in [0.5, 0.6) is 0 Å². The van der Waals surface area contributed by atoms with Gasteiger partial charge in [0.15, 0.2) is 0 Å². The Kier molecular flexibility index (Phi) is 23.0. The molecule has 0 aliphatic heterocycles. The van der Waals surface area contributed by atoms with Crippen LogP contribution in [0.1, 0.15) is 26.2 Å².